The predicted octanol–water partition coefficient (Wildman–Crippen LogP) is 3.26. The van der Waals surface area contributed by atoms with E-state index in [0.717, 1.165) is 19.3 Å². The van der Waals surface area contributed by atoms with Crippen LogP contribution in [-0.4, -0.2) is 12.3 Å². The second kappa shape index (κ2) is 4.03. The average molecular weight is 162 g/mol. The van der Waals surface area contributed by atoms with Crippen molar-refractivity contribution in [3.8, 4) is 0 Å². The third-order valence-electron chi connectivity index (χ3n) is 2.50. The van der Waals surface area contributed by atoms with E-state index in [4.69, 9.17) is 0 Å². The number of halogens is 2. The van der Waals surface area contributed by atoms with Gasteiger partial charge in [-0.15, -0.1) is 0 Å². The minimum atomic E-state index is -1.18. The van der Waals surface area contributed by atoms with E-state index < -0.39 is 12.3 Å². The largest absolute Gasteiger partial charge is 0.244 e. The van der Waals surface area contributed by atoms with Crippen molar-refractivity contribution in [2.75, 3.05) is 0 Å². The SMILES string of the molecule is CCCC1CCC(F)C(F)C1. The number of hydrogen-bond acceptors (Lipinski definition) is 0. The van der Waals surface area contributed by atoms with Gasteiger partial charge in [0.2, 0.25) is 0 Å². The molecule has 0 aromatic heterocycles. The smallest absolute Gasteiger partial charge is 0.131 e. The van der Waals surface area contributed by atoms with Crippen LogP contribution in [0.4, 0.5) is 8.78 Å². The van der Waals surface area contributed by atoms with Crippen LogP contribution in [0.1, 0.15) is 39.0 Å². The Morgan fingerprint density at radius 2 is 1.91 bits per heavy atom. The van der Waals surface area contributed by atoms with Gasteiger partial charge in [0.1, 0.15) is 12.3 Å². The van der Waals surface area contributed by atoms with Crippen molar-refractivity contribution in [1.82, 2.24) is 0 Å². The molecule has 0 aromatic carbocycles. The summed E-state index contributed by atoms with van der Waals surface area (Å²) in [6.07, 6.45) is 1.57. The molecule has 0 N–H and O–H groups in total. The van der Waals surface area contributed by atoms with Gasteiger partial charge < -0.3 is 0 Å². The standard InChI is InChI=1S/C9H16F2/c1-2-3-7-4-5-8(10)9(11)6-7/h7-9H,2-6H2,1H3. The first-order chi connectivity index (χ1) is 5.24. The van der Waals surface area contributed by atoms with Gasteiger partial charge in [-0.05, 0) is 25.2 Å². The van der Waals surface area contributed by atoms with Crippen LogP contribution in [0.5, 0.6) is 0 Å². The number of hydrogen-bond donors (Lipinski definition) is 0. The molecular weight excluding hydrogens is 146 g/mol. The van der Waals surface area contributed by atoms with Gasteiger partial charge in [0, 0.05) is 0 Å². The molecule has 1 rings (SSSR count). The summed E-state index contributed by atoms with van der Waals surface area (Å²) in [5.74, 6) is 0.446. The number of alkyl halides is 2. The van der Waals surface area contributed by atoms with Crippen molar-refractivity contribution in [1.29, 1.82) is 0 Å². The molecule has 0 aliphatic heterocycles. The van der Waals surface area contributed by atoms with Crippen LogP contribution < -0.4 is 0 Å². The average Bonchev–Trinajstić information content (AvgIpc) is 1.98. The maximum Gasteiger partial charge on any atom is 0.131 e. The fourth-order valence-corrected chi connectivity index (χ4v) is 1.83. The molecule has 11 heavy (non-hydrogen) atoms. The first-order valence-corrected chi connectivity index (χ1v) is 4.52. The molecule has 3 unspecified atom stereocenters. The monoisotopic (exact) mass is 162 g/mol. The van der Waals surface area contributed by atoms with Gasteiger partial charge >= 0.3 is 0 Å². The minimum absolute atomic E-state index is 0.436. The van der Waals surface area contributed by atoms with Crippen LogP contribution in [0.3, 0.4) is 0 Å². The van der Waals surface area contributed by atoms with Crippen LogP contribution in [-0.2, 0) is 0 Å². The lowest BCUT2D eigenvalue weighted by molar-refractivity contribution is 0.0867. The summed E-state index contributed by atoms with van der Waals surface area (Å²) >= 11 is 0. The molecule has 0 saturated heterocycles. The van der Waals surface area contributed by atoms with E-state index >= 15 is 0 Å². The Labute approximate surface area is 67.0 Å². The molecule has 0 bridgehead atoms. The summed E-state index contributed by atoms with van der Waals surface area (Å²) < 4.78 is 25.4. The van der Waals surface area contributed by atoms with E-state index in [1.165, 1.54) is 0 Å². The summed E-state index contributed by atoms with van der Waals surface area (Å²) in [4.78, 5) is 0. The summed E-state index contributed by atoms with van der Waals surface area (Å²) in [6, 6.07) is 0. The Balaban J connectivity index is 2.28. The zero-order valence-electron chi connectivity index (χ0n) is 7.02. The fraction of sp³-hybridized carbons (Fsp3) is 1.00. The van der Waals surface area contributed by atoms with E-state index in [1.807, 2.05) is 0 Å². The van der Waals surface area contributed by atoms with Gasteiger partial charge in [0.25, 0.3) is 0 Å². The molecule has 1 aliphatic carbocycles. The van der Waals surface area contributed by atoms with Crippen LogP contribution >= 0.6 is 0 Å². The first-order valence-electron chi connectivity index (χ1n) is 4.52. The highest BCUT2D eigenvalue weighted by Crippen LogP contribution is 2.31. The van der Waals surface area contributed by atoms with E-state index in [9.17, 15) is 8.78 Å². The maximum atomic E-state index is 12.8. The normalized spacial score (nSPS) is 39.0. The van der Waals surface area contributed by atoms with E-state index in [1.54, 1.807) is 0 Å². The molecule has 0 heterocycles. The summed E-state index contributed by atoms with van der Waals surface area (Å²) in [5.41, 5.74) is 0. The van der Waals surface area contributed by atoms with Crippen LogP contribution in [0.15, 0.2) is 0 Å². The molecule has 1 aliphatic rings. The van der Waals surface area contributed by atoms with E-state index in [-0.39, 0.29) is 0 Å². The lowest BCUT2D eigenvalue weighted by Gasteiger charge is -2.26. The van der Waals surface area contributed by atoms with Gasteiger partial charge in [-0.25, -0.2) is 8.78 Å². The summed E-state index contributed by atoms with van der Waals surface area (Å²) in [7, 11) is 0. The van der Waals surface area contributed by atoms with Gasteiger partial charge in [-0.2, -0.15) is 0 Å². The Morgan fingerprint density at radius 3 is 2.45 bits per heavy atom. The molecule has 0 radical (unpaired) electrons. The van der Waals surface area contributed by atoms with Crippen LogP contribution in [0, 0.1) is 5.92 Å². The van der Waals surface area contributed by atoms with Crippen molar-refractivity contribution >= 4 is 0 Å². The Hall–Kier alpha value is -0.140. The van der Waals surface area contributed by atoms with Crippen molar-refractivity contribution in [2.45, 2.75) is 51.4 Å². The molecule has 3 atom stereocenters. The molecule has 1 fully saturated rings. The van der Waals surface area contributed by atoms with Crippen molar-refractivity contribution in [2.24, 2.45) is 5.92 Å². The Kier molecular flexibility index (Phi) is 3.28. The summed E-state index contributed by atoms with van der Waals surface area (Å²) in [5, 5.41) is 0. The fourth-order valence-electron chi connectivity index (χ4n) is 1.83. The quantitative estimate of drug-likeness (QED) is 0.584. The lowest BCUT2D eigenvalue weighted by atomic mass is 9.84. The molecule has 0 aromatic rings. The van der Waals surface area contributed by atoms with E-state index in [2.05, 4.69) is 6.92 Å². The van der Waals surface area contributed by atoms with Gasteiger partial charge in [0.15, 0.2) is 0 Å². The predicted molar refractivity (Wildman–Crippen MR) is 42.0 cm³/mol. The third kappa shape index (κ3) is 2.42. The first kappa shape index (κ1) is 8.95. The second-order valence-electron chi connectivity index (χ2n) is 3.50. The molecule has 66 valence electrons. The van der Waals surface area contributed by atoms with Crippen LogP contribution in [0.25, 0.3) is 0 Å². The topological polar surface area (TPSA) is 0 Å². The highest BCUT2D eigenvalue weighted by molar-refractivity contribution is 4.79. The van der Waals surface area contributed by atoms with Crippen molar-refractivity contribution in [3.63, 3.8) is 0 Å². The Bertz CT molecular complexity index is 114. The highest BCUT2D eigenvalue weighted by Gasteiger charge is 2.29. The summed E-state index contributed by atoms with van der Waals surface area (Å²) in [6.45, 7) is 2.09. The molecule has 2 heteroatoms. The molecule has 0 nitrogen and oxygen atoms in total. The molecule has 1 saturated carbocycles. The Morgan fingerprint density at radius 1 is 1.18 bits per heavy atom. The van der Waals surface area contributed by atoms with Gasteiger partial charge in [-0.3, -0.25) is 0 Å². The van der Waals surface area contributed by atoms with Crippen molar-refractivity contribution in [3.05, 3.63) is 0 Å². The van der Waals surface area contributed by atoms with Crippen molar-refractivity contribution < 1.29 is 8.78 Å². The zero-order valence-corrected chi connectivity index (χ0v) is 7.02. The maximum absolute atomic E-state index is 12.8. The number of rotatable bonds is 2. The molecular formula is C9H16F2. The molecule has 0 spiro atoms. The highest BCUT2D eigenvalue weighted by atomic mass is 19.2. The third-order valence-corrected chi connectivity index (χ3v) is 2.50. The minimum Gasteiger partial charge on any atom is -0.244 e. The lowest BCUT2D eigenvalue weighted by Crippen LogP contribution is -2.27. The molecule has 0 amide bonds. The van der Waals surface area contributed by atoms with E-state index in [0.29, 0.717) is 18.8 Å². The van der Waals surface area contributed by atoms with Gasteiger partial charge in [0.05, 0.1) is 0 Å². The van der Waals surface area contributed by atoms with Gasteiger partial charge in [-0.1, -0.05) is 19.8 Å². The van der Waals surface area contributed by atoms with Crippen LogP contribution in [0.2, 0.25) is 0 Å². The second-order valence-corrected chi connectivity index (χ2v) is 3.50. The zero-order chi connectivity index (χ0) is 8.27.